The van der Waals surface area contributed by atoms with Crippen molar-refractivity contribution in [3.05, 3.63) is 59.3 Å². The van der Waals surface area contributed by atoms with Gasteiger partial charge in [-0.25, -0.2) is 8.78 Å². The van der Waals surface area contributed by atoms with Crippen molar-refractivity contribution in [2.75, 3.05) is 0 Å². The van der Waals surface area contributed by atoms with Crippen molar-refractivity contribution >= 4 is 22.5 Å². The number of fused-ring (bicyclic) bond motifs is 1. The predicted molar refractivity (Wildman–Crippen MR) is 86.7 cm³/mol. The van der Waals surface area contributed by atoms with E-state index >= 15 is 0 Å². The molecule has 0 aliphatic carbocycles. The van der Waals surface area contributed by atoms with Crippen LogP contribution >= 0.6 is 11.6 Å². The van der Waals surface area contributed by atoms with Crippen LogP contribution < -0.4 is 0 Å². The molecule has 3 rings (SSSR count). The molecule has 1 heterocycles. The molecule has 112 valence electrons. The summed E-state index contributed by atoms with van der Waals surface area (Å²) in [5.41, 5.74) is 2.07. The van der Waals surface area contributed by atoms with Crippen molar-refractivity contribution < 1.29 is 8.78 Å². The van der Waals surface area contributed by atoms with E-state index in [-0.39, 0.29) is 18.3 Å². The minimum atomic E-state index is -0.463. The molecule has 0 fully saturated rings. The number of aromatic nitrogens is 1. The van der Waals surface area contributed by atoms with Crippen LogP contribution in [0.3, 0.4) is 0 Å². The van der Waals surface area contributed by atoms with Gasteiger partial charge in [-0.2, -0.15) is 0 Å². The van der Waals surface area contributed by atoms with Gasteiger partial charge in [-0.15, -0.1) is 0 Å². The molecule has 0 amide bonds. The molecule has 0 atom stereocenters. The Labute approximate surface area is 128 Å². The summed E-state index contributed by atoms with van der Waals surface area (Å²) in [4.78, 5) is 2.98. The molecule has 0 saturated heterocycles. The van der Waals surface area contributed by atoms with Gasteiger partial charge in [0, 0.05) is 22.7 Å². The highest BCUT2D eigenvalue weighted by molar-refractivity contribution is 6.31. The monoisotopic (exact) mass is 309 g/mol. The number of H-pyrrole nitrogens is 1. The van der Waals surface area contributed by atoms with Gasteiger partial charge in [0.05, 0.1) is 5.02 Å². The summed E-state index contributed by atoms with van der Waals surface area (Å²) >= 11 is 5.78. The minimum Gasteiger partial charge on any atom is -0.360 e. The molecule has 0 aliphatic rings. The van der Waals surface area contributed by atoms with E-state index < -0.39 is 5.82 Å². The van der Waals surface area contributed by atoms with Gasteiger partial charge >= 0.3 is 0 Å². The van der Waals surface area contributed by atoms with E-state index in [0.29, 0.717) is 16.5 Å². The van der Waals surface area contributed by atoms with Crippen LogP contribution in [-0.4, -0.2) is 4.98 Å². The maximum atomic E-state index is 14.0. The van der Waals surface area contributed by atoms with Crippen molar-refractivity contribution in [2.24, 2.45) is 0 Å². The maximum Gasteiger partial charge on any atom is 0.151 e. The summed E-state index contributed by atoms with van der Waals surface area (Å²) in [5.74, 6) is -0.785. The number of hydrogen-bond donors (Lipinski definition) is 1. The van der Waals surface area contributed by atoms with Crippen LogP contribution in [0.1, 0.15) is 21.3 Å². The normalized spacial score (nSPS) is 9.76. The van der Waals surface area contributed by atoms with E-state index in [2.05, 4.69) is 4.98 Å². The van der Waals surface area contributed by atoms with Gasteiger partial charge in [-0.3, -0.25) is 0 Å². The molecule has 0 bridgehead atoms. The highest BCUT2D eigenvalue weighted by atomic mass is 35.5. The Kier molecular flexibility index (Phi) is 5.91. The van der Waals surface area contributed by atoms with Crippen LogP contribution in [0.4, 0.5) is 8.78 Å². The number of halogens is 3. The van der Waals surface area contributed by atoms with Crippen LogP contribution in [0, 0.1) is 11.6 Å². The molecule has 0 saturated carbocycles. The molecule has 2 aromatic carbocycles. The number of aromatic amines is 1. The molecule has 21 heavy (non-hydrogen) atoms. The zero-order valence-electron chi connectivity index (χ0n) is 11.2. The molecule has 0 radical (unpaired) electrons. The van der Waals surface area contributed by atoms with E-state index in [1.807, 2.05) is 13.8 Å². The molecule has 0 spiro atoms. The Balaban J connectivity index is 0.000000706. The quantitative estimate of drug-likeness (QED) is 0.533. The van der Waals surface area contributed by atoms with Gasteiger partial charge in [0.2, 0.25) is 0 Å². The predicted octanol–water partition coefficient (Wildman–Crippen LogP) is 6.43. The van der Waals surface area contributed by atoms with Crippen LogP contribution in [-0.2, 0) is 0 Å². The van der Waals surface area contributed by atoms with Gasteiger partial charge in [0.15, 0.2) is 5.82 Å². The average molecular weight is 310 g/mol. The first-order valence-corrected chi connectivity index (χ1v) is 6.75. The number of benzene rings is 2. The van der Waals surface area contributed by atoms with Crippen molar-refractivity contribution in [1.29, 1.82) is 0 Å². The van der Waals surface area contributed by atoms with Gasteiger partial charge in [-0.05, 0) is 29.8 Å². The second-order valence-electron chi connectivity index (χ2n) is 3.99. The Morgan fingerprint density at radius 2 is 1.57 bits per heavy atom. The van der Waals surface area contributed by atoms with E-state index in [1.165, 1.54) is 18.2 Å². The number of hydrogen-bond acceptors (Lipinski definition) is 0. The van der Waals surface area contributed by atoms with Crippen molar-refractivity contribution in [3.8, 4) is 11.1 Å². The van der Waals surface area contributed by atoms with E-state index in [0.717, 1.165) is 5.56 Å². The summed E-state index contributed by atoms with van der Waals surface area (Å²) in [6, 6.07) is 9.13. The summed E-state index contributed by atoms with van der Waals surface area (Å²) < 4.78 is 26.9. The van der Waals surface area contributed by atoms with Crippen molar-refractivity contribution in [1.82, 2.24) is 4.98 Å². The summed E-state index contributed by atoms with van der Waals surface area (Å²) in [6.45, 7) is 4.00. The molecule has 0 unspecified atom stereocenters. The average Bonchev–Trinajstić information content (AvgIpc) is 2.91. The zero-order valence-corrected chi connectivity index (χ0v) is 11.9. The Morgan fingerprint density at radius 3 is 2.19 bits per heavy atom. The fourth-order valence-corrected chi connectivity index (χ4v) is 2.17. The highest BCUT2D eigenvalue weighted by Gasteiger charge is 2.13. The van der Waals surface area contributed by atoms with Crippen LogP contribution in [0.15, 0.2) is 42.6 Å². The third kappa shape index (κ3) is 3.24. The highest BCUT2D eigenvalue weighted by Crippen LogP contribution is 2.33. The molecule has 1 nitrogen and oxygen atoms in total. The summed E-state index contributed by atoms with van der Waals surface area (Å²) in [7, 11) is 0. The van der Waals surface area contributed by atoms with Gasteiger partial charge in [0.25, 0.3) is 0 Å². The van der Waals surface area contributed by atoms with Crippen molar-refractivity contribution in [3.63, 3.8) is 0 Å². The lowest BCUT2D eigenvalue weighted by Crippen LogP contribution is -1.82. The zero-order chi connectivity index (χ0) is 14.7. The topological polar surface area (TPSA) is 15.8 Å². The minimum absolute atomic E-state index is 0. The van der Waals surface area contributed by atoms with Gasteiger partial charge in [-0.1, -0.05) is 45.0 Å². The van der Waals surface area contributed by atoms with Crippen LogP contribution in [0.5, 0.6) is 0 Å². The standard InChI is InChI=1S/C14H8ClF2N.C2H6.CH4/c15-11-5-6-12-13(14(11)17)10(7-18-12)8-1-3-9(16)4-2-8;1-2;/h1-7,18H;1-2H3;1H4. The third-order valence-corrected chi connectivity index (χ3v) is 3.18. The maximum absolute atomic E-state index is 14.0. The lowest BCUT2D eigenvalue weighted by Gasteiger charge is -2.02. The molecule has 3 aromatic rings. The SMILES string of the molecule is C.CC.Fc1ccc(-c2c[nH]c3ccc(Cl)c(F)c23)cc1. The Bertz CT molecular complexity index is 717. The fourth-order valence-electron chi connectivity index (χ4n) is 2.01. The van der Waals surface area contributed by atoms with E-state index in [1.54, 1.807) is 24.4 Å². The molecular weight excluding hydrogens is 292 g/mol. The lowest BCUT2D eigenvalue weighted by atomic mass is 10.0. The third-order valence-electron chi connectivity index (χ3n) is 2.89. The first kappa shape index (κ1) is 17.2. The lowest BCUT2D eigenvalue weighted by molar-refractivity contribution is 0.628. The number of rotatable bonds is 1. The van der Waals surface area contributed by atoms with E-state index in [4.69, 9.17) is 11.6 Å². The Hall–Kier alpha value is -1.87. The smallest absolute Gasteiger partial charge is 0.151 e. The molecule has 0 aliphatic heterocycles. The fraction of sp³-hybridized carbons (Fsp3) is 0.176. The molecule has 1 aromatic heterocycles. The molecular formula is C17H18ClF2N. The van der Waals surface area contributed by atoms with Gasteiger partial charge in [0.1, 0.15) is 5.82 Å². The van der Waals surface area contributed by atoms with Crippen LogP contribution in [0.2, 0.25) is 5.02 Å². The van der Waals surface area contributed by atoms with Crippen LogP contribution in [0.25, 0.3) is 22.0 Å². The summed E-state index contributed by atoms with van der Waals surface area (Å²) in [5, 5.41) is 0.500. The largest absolute Gasteiger partial charge is 0.360 e. The van der Waals surface area contributed by atoms with Gasteiger partial charge < -0.3 is 4.98 Å². The second-order valence-corrected chi connectivity index (χ2v) is 4.40. The van der Waals surface area contributed by atoms with Crippen molar-refractivity contribution in [2.45, 2.75) is 21.3 Å². The first-order chi connectivity index (χ1) is 9.66. The second kappa shape index (κ2) is 7.23. The molecule has 1 N–H and O–H groups in total. The summed E-state index contributed by atoms with van der Waals surface area (Å²) in [6.07, 6.45) is 1.69. The number of nitrogens with one attached hydrogen (secondary N) is 1. The van der Waals surface area contributed by atoms with E-state index in [9.17, 15) is 8.78 Å². The first-order valence-electron chi connectivity index (χ1n) is 6.38. The Morgan fingerprint density at radius 1 is 0.952 bits per heavy atom. The molecule has 4 heteroatoms.